The van der Waals surface area contributed by atoms with Crippen molar-refractivity contribution in [2.75, 3.05) is 11.9 Å². The zero-order chi connectivity index (χ0) is 15.2. The van der Waals surface area contributed by atoms with E-state index in [0.717, 1.165) is 16.7 Å². The van der Waals surface area contributed by atoms with Gasteiger partial charge in [0.2, 0.25) is 0 Å². The van der Waals surface area contributed by atoms with Crippen molar-refractivity contribution < 1.29 is 9.90 Å². The second-order valence-corrected chi connectivity index (χ2v) is 4.66. The predicted molar refractivity (Wildman–Crippen MR) is 82.1 cm³/mol. The maximum absolute atomic E-state index is 12.2. The molecule has 1 aromatic heterocycles. The zero-order valence-electron chi connectivity index (χ0n) is 12.0. The van der Waals surface area contributed by atoms with Crippen molar-refractivity contribution in [3.63, 3.8) is 0 Å². The highest BCUT2D eigenvalue weighted by molar-refractivity contribution is 6.04. The van der Waals surface area contributed by atoms with Crippen LogP contribution in [0.15, 0.2) is 36.5 Å². The first kappa shape index (κ1) is 14.8. The number of nitrogens with zero attached hydrogens (tertiary/aromatic N) is 1. The van der Waals surface area contributed by atoms with Gasteiger partial charge in [0.25, 0.3) is 5.91 Å². The first-order valence-electron chi connectivity index (χ1n) is 6.54. The molecule has 0 spiro atoms. The Morgan fingerprint density at radius 1 is 1.29 bits per heavy atom. The molecular formula is C17H16N2O2. The number of pyridine rings is 1. The van der Waals surface area contributed by atoms with Crippen LogP contribution in [-0.2, 0) is 0 Å². The molecular weight excluding hydrogens is 264 g/mol. The van der Waals surface area contributed by atoms with Crippen LogP contribution in [0.2, 0.25) is 0 Å². The molecule has 0 aliphatic heterocycles. The Kier molecular flexibility index (Phi) is 4.70. The minimum absolute atomic E-state index is 0.205. The molecule has 0 atom stereocenters. The average Bonchev–Trinajstić information content (AvgIpc) is 2.46. The van der Waals surface area contributed by atoms with E-state index in [1.165, 1.54) is 0 Å². The van der Waals surface area contributed by atoms with Crippen LogP contribution >= 0.6 is 0 Å². The van der Waals surface area contributed by atoms with Crippen LogP contribution in [0.4, 0.5) is 5.82 Å². The summed E-state index contributed by atoms with van der Waals surface area (Å²) in [5, 5.41) is 11.5. The van der Waals surface area contributed by atoms with Crippen molar-refractivity contribution in [3.05, 3.63) is 58.8 Å². The van der Waals surface area contributed by atoms with Crippen molar-refractivity contribution in [1.82, 2.24) is 4.98 Å². The Labute approximate surface area is 123 Å². The lowest BCUT2D eigenvalue weighted by Crippen LogP contribution is -2.13. The molecule has 0 radical (unpaired) electrons. The number of aromatic nitrogens is 1. The lowest BCUT2D eigenvalue weighted by molar-refractivity contribution is 0.102. The molecule has 106 valence electrons. The van der Waals surface area contributed by atoms with Crippen LogP contribution in [0.1, 0.15) is 27.0 Å². The average molecular weight is 280 g/mol. The fourth-order valence-corrected chi connectivity index (χ4v) is 1.83. The Hall–Kier alpha value is -2.64. The normalized spacial score (nSPS) is 9.67. The van der Waals surface area contributed by atoms with Gasteiger partial charge in [0, 0.05) is 17.3 Å². The molecule has 1 heterocycles. The van der Waals surface area contributed by atoms with Crippen LogP contribution in [0.25, 0.3) is 0 Å². The number of rotatable bonds is 2. The van der Waals surface area contributed by atoms with Crippen molar-refractivity contribution in [3.8, 4) is 11.8 Å². The second kappa shape index (κ2) is 6.69. The third-order valence-electron chi connectivity index (χ3n) is 2.96. The predicted octanol–water partition coefficient (Wildman–Crippen LogP) is 2.29. The highest BCUT2D eigenvalue weighted by atomic mass is 16.2. The molecule has 0 bridgehead atoms. The zero-order valence-corrected chi connectivity index (χ0v) is 12.0. The summed E-state index contributed by atoms with van der Waals surface area (Å²) in [6.07, 6.45) is 1.65. The van der Waals surface area contributed by atoms with E-state index in [2.05, 4.69) is 22.1 Å². The van der Waals surface area contributed by atoms with E-state index in [-0.39, 0.29) is 12.5 Å². The summed E-state index contributed by atoms with van der Waals surface area (Å²) >= 11 is 0. The molecule has 1 amide bonds. The molecule has 0 aliphatic carbocycles. The second-order valence-electron chi connectivity index (χ2n) is 4.66. The summed E-state index contributed by atoms with van der Waals surface area (Å²) in [5.41, 5.74) is 3.22. The van der Waals surface area contributed by atoms with E-state index >= 15 is 0 Å². The van der Waals surface area contributed by atoms with Crippen molar-refractivity contribution >= 4 is 11.7 Å². The number of aryl methyl sites for hydroxylation is 2. The molecule has 0 aliphatic rings. The van der Waals surface area contributed by atoms with Gasteiger partial charge in [-0.25, -0.2) is 4.98 Å². The van der Waals surface area contributed by atoms with Gasteiger partial charge >= 0.3 is 0 Å². The molecule has 2 N–H and O–H groups in total. The van der Waals surface area contributed by atoms with Gasteiger partial charge in [-0.1, -0.05) is 17.9 Å². The van der Waals surface area contributed by atoms with Crippen molar-refractivity contribution in [1.29, 1.82) is 0 Å². The van der Waals surface area contributed by atoms with Gasteiger partial charge in [-0.05, 0) is 49.2 Å². The highest BCUT2D eigenvalue weighted by Gasteiger charge is 2.08. The van der Waals surface area contributed by atoms with Gasteiger partial charge in [-0.15, -0.1) is 0 Å². The first-order valence-corrected chi connectivity index (χ1v) is 6.54. The fourth-order valence-electron chi connectivity index (χ4n) is 1.83. The minimum Gasteiger partial charge on any atom is -0.384 e. The molecule has 1 aromatic carbocycles. The molecule has 2 rings (SSSR count). The maximum atomic E-state index is 12.2. The number of carbonyl (C=O) groups excluding carboxylic acids is 1. The van der Waals surface area contributed by atoms with E-state index in [1.807, 2.05) is 26.0 Å². The summed E-state index contributed by atoms with van der Waals surface area (Å²) < 4.78 is 0. The van der Waals surface area contributed by atoms with Gasteiger partial charge in [0.15, 0.2) is 0 Å². The van der Waals surface area contributed by atoms with E-state index in [1.54, 1.807) is 24.4 Å². The van der Waals surface area contributed by atoms with E-state index < -0.39 is 0 Å². The monoisotopic (exact) mass is 280 g/mol. The quantitative estimate of drug-likeness (QED) is 0.830. The largest absolute Gasteiger partial charge is 0.384 e. The van der Waals surface area contributed by atoms with Gasteiger partial charge < -0.3 is 10.4 Å². The Balaban J connectivity index is 2.23. The molecule has 4 heteroatoms. The SMILES string of the molecule is Cc1ccnc(NC(=O)c2ccc(C)c(C#CCO)c2)c1. The standard InChI is InChI=1S/C17H16N2O2/c1-12-7-8-18-16(10-12)19-17(21)15-6-5-13(2)14(11-15)4-3-9-20/h5-8,10-11,20H,9H2,1-2H3,(H,18,19,21). The fraction of sp³-hybridized carbons (Fsp3) is 0.176. The number of benzene rings is 1. The van der Waals surface area contributed by atoms with E-state index in [4.69, 9.17) is 5.11 Å². The van der Waals surface area contributed by atoms with Crippen LogP contribution < -0.4 is 5.32 Å². The topological polar surface area (TPSA) is 62.2 Å². The molecule has 2 aromatic rings. The van der Waals surface area contributed by atoms with Crippen molar-refractivity contribution in [2.45, 2.75) is 13.8 Å². The van der Waals surface area contributed by atoms with Crippen LogP contribution in [-0.4, -0.2) is 22.6 Å². The number of hydrogen-bond acceptors (Lipinski definition) is 3. The summed E-state index contributed by atoms with van der Waals surface area (Å²) in [6, 6.07) is 8.95. The smallest absolute Gasteiger partial charge is 0.256 e. The molecule has 0 saturated heterocycles. The van der Waals surface area contributed by atoms with Crippen LogP contribution in [0, 0.1) is 25.7 Å². The summed E-state index contributed by atoms with van der Waals surface area (Å²) in [6.45, 7) is 3.64. The third-order valence-corrected chi connectivity index (χ3v) is 2.96. The lowest BCUT2D eigenvalue weighted by atomic mass is 10.0. The summed E-state index contributed by atoms with van der Waals surface area (Å²) in [7, 11) is 0. The Morgan fingerprint density at radius 2 is 2.10 bits per heavy atom. The van der Waals surface area contributed by atoms with Gasteiger partial charge in [0.05, 0.1) is 0 Å². The minimum atomic E-state index is -0.236. The van der Waals surface area contributed by atoms with E-state index in [9.17, 15) is 4.79 Å². The first-order chi connectivity index (χ1) is 10.1. The van der Waals surface area contributed by atoms with Gasteiger partial charge in [-0.2, -0.15) is 0 Å². The Morgan fingerprint density at radius 3 is 2.81 bits per heavy atom. The number of anilines is 1. The maximum Gasteiger partial charge on any atom is 0.256 e. The number of amides is 1. The van der Waals surface area contributed by atoms with Gasteiger partial charge in [0.1, 0.15) is 12.4 Å². The highest BCUT2D eigenvalue weighted by Crippen LogP contribution is 2.13. The summed E-state index contributed by atoms with van der Waals surface area (Å²) in [5.74, 6) is 5.71. The molecule has 4 nitrogen and oxygen atoms in total. The lowest BCUT2D eigenvalue weighted by Gasteiger charge is -2.06. The molecule has 0 saturated carbocycles. The number of nitrogens with one attached hydrogen (secondary N) is 1. The van der Waals surface area contributed by atoms with Crippen LogP contribution in [0.5, 0.6) is 0 Å². The van der Waals surface area contributed by atoms with Gasteiger partial charge in [-0.3, -0.25) is 4.79 Å². The van der Waals surface area contributed by atoms with Crippen molar-refractivity contribution in [2.24, 2.45) is 0 Å². The summed E-state index contributed by atoms with van der Waals surface area (Å²) in [4.78, 5) is 16.3. The molecule has 0 fully saturated rings. The number of aliphatic hydroxyl groups is 1. The number of carbonyl (C=O) groups is 1. The van der Waals surface area contributed by atoms with E-state index in [0.29, 0.717) is 11.4 Å². The Bertz CT molecular complexity index is 727. The molecule has 21 heavy (non-hydrogen) atoms. The number of aliphatic hydroxyl groups excluding tert-OH is 1. The number of hydrogen-bond donors (Lipinski definition) is 2. The van der Waals surface area contributed by atoms with Crippen LogP contribution in [0.3, 0.4) is 0 Å². The third kappa shape index (κ3) is 3.91. The molecule has 0 unspecified atom stereocenters.